The summed E-state index contributed by atoms with van der Waals surface area (Å²) in [4.78, 5) is 0. The maximum Gasteiger partial charge on any atom is 0.136 e. The number of para-hydroxylation sites is 1. The van der Waals surface area contributed by atoms with Crippen LogP contribution in [0.3, 0.4) is 0 Å². The molecule has 0 amide bonds. The predicted molar refractivity (Wildman–Crippen MR) is 151 cm³/mol. The highest BCUT2D eigenvalue weighted by atomic mass is 16.3. The van der Waals surface area contributed by atoms with E-state index in [4.69, 9.17) is 10.2 Å². The zero-order valence-electron chi connectivity index (χ0n) is 19.5. The first kappa shape index (κ1) is 19.6. The molecule has 3 N–H and O–H groups in total. The standard InChI is InChI=1S/C32H23N3O/c33-32-30(34-21-11-5-2-6-12-21)24-18-20(19-9-3-1-4-10-19)17-23-28-25(35(32)31(23)24)15-16-27-29(28)22-13-7-8-14-26(22)36-27/h1-11,13-18,21,34H,12,33H2. The van der Waals surface area contributed by atoms with Gasteiger partial charge in [-0.15, -0.1) is 0 Å². The van der Waals surface area contributed by atoms with E-state index in [2.05, 4.69) is 101 Å². The van der Waals surface area contributed by atoms with Crippen LogP contribution in [-0.4, -0.2) is 10.4 Å². The molecule has 1 unspecified atom stereocenters. The van der Waals surface area contributed by atoms with Gasteiger partial charge in [0.15, 0.2) is 0 Å². The van der Waals surface area contributed by atoms with E-state index in [0.29, 0.717) is 0 Å². The van der Waals surface area contributed by atoms with Crippen molar-refractivity contribution in [2.75, 3.05) is 11.1 Å². The minimum Gasteiger partial charge on any atom is -0.456 e. The molecule has 0 bridgehead atoms. The summed E-state index contributed by atoms with van der Waals surface area (Å²) >= 11 is 0. The van der Waals surface area contributed by atoms with Crippen LogP contribution in [0.15, 0.2) is 108 Å². The van der Waals surface area contributed by atoms with Crippen LogP contribution < -0.4 is 11.1 Å². The monoisotopic (exact) mass is 465 g/mol. The number of nitrogens with one attached hydrogen (secondary N) is 1. The Morgan fingerprint density at radius 3 is 2.47 bits per heavy atom. The summed E-state index contributed by atoms with van der Waals surface area (Å²) in [5, 5.41) is 9.54. The Hall–Kier alpha value is -4.70. The van der Waals surface area contributed by atoms with Gasteiger partial charge in [0.05, 0.1) is 16.7 Å². The van der Waals surface area contributed by atoms with E-state index in [1.165, 1.54) is 21.9 Å². The fourth-order valence-corrected chi connectivity index (χ4v) is 5.96. The molecule has 4 nitrogen and oxygen atoms in total. The lowest BCUT2D eigenvalue weighted by Gasteiger charge is -2.17. The highest BCUT2D eigenvalue weighted by Gasteiger charge is 2.25. The van der Waals surface area contributed by atoms with Crippen molar-refractivity contribution in [3.05, 3.63) is 103 Å². The molecule has 3 heterocycles. The van der Waals surface area contributed by atoms with Crippen LogP contribution in [0.2, 0.25) is 0 Å². The van der Waals surface area contributed by atoms with E-state index in [-0.39, 0.29) is 6.04 Å². The Morgan fingerprint density at radius 1 is 0.778 bits per heavy atom. The first-order valence-electron chi connectivity index (χ1n) is 12.4. The molecule has 0 aliphatic heterocycles. The third kappa shape index (κ3) is 2.58. The molecule has 0 fully saturated rings. The number of anilines is 2. The number of furan rings is 1. The van der Waals surface area contributed by atoms with Gasteiger partial charge in [-0.3, -0.25) is 4.40 Å². The number of fused-ring (bicyclic) bond motifs is 7. The third-order valence-electron chi connectivity index (χ3n) is 7.55. The van der Waals surface area contributed by atoms with Crippen LogP contribution in [0.5, 0.6) is 0 Å². The van der Waals surface area contributed by atoms with Gasteiger partial charge >= 0.3 is 0 Å². The molecule has 1 aliphatic carbocycles. The summed E-state index contributed by atoms with van der Waals surface area (Å²) in [6.07, 6.45) is 9.52. The molecule has 3 aromatic heterocycles. The van der Waals surface area contributed by atoms with Crippen molar-refractivity contribution in [1.82, 2.24) is 4.40 Å². The molecule has 7 aromatic rings. The van der Waals surface area contributed by atoms with Gasteiger partial charge in [-0.1, -0.05) is 72.8 Å². The quantitative estimate of drug-likeness (QED) is 0.277. The number of nitrogens with two attached hydrogens (primary N) is 1. The molecule has 0 spiro atoms. The van der Waals surface area contributed by atoms with E-state index in [1.807, 2.05) is 12.1 Å². The summed E-state index contributed by atoms with van der Waals surface area (Å²) in [6, 6.07) is 27.9. The summed E-state index contributed by atoms with van der Waals surface area (Å²) < 4.78 is 8.47. The summed E-state index contributed by atoms with van der Waals surface area (Å²) in [5.41, 5.74) is 14.4. The molecule has 8 rings (SSSR count). The van der Waals surface area contributed by atoms with Gasteiger partial charge in [0.1, 0.15) is 17.0 Å². The number of allylic oxidation sites excluding steroid dienone is 2. The number of aromatic nitrogens is 1. The average molecular weight is 466 g/mol. The number of hydrogen-bond acceptors (Lipinski definition) is 3. The van der Waals surface area contributed by atoms with Crippen molar-refractivity contribution >= 4 is 60.6 Å². The molecule has 1 atom stereocenters. The fourth-order valence-electron chi connectivity index (χ4n) is 5.96. The van der Waals surface area contributed by atoms with Gasteiger partial charge in [-0.25, -0.2) is 0 Å². The van der Waals surface area contributed by atoms with Crippen molar-refractivity contribution in [3.63, 3.8) is 0 Å². The van der Waals surface area contributed by atoms with Crippen molar-refractivity contribution < 1.29 is 4.42 Å². The van der Waals surface area contributed by atoms with Crippen molar-refractivity contribution in [2.24, 2.45) is 0 Å². The number of rotatable bonds is 3. The first-order valence-corrected chi connectivity index (χ1v) is 12.4. The van der Waals surface area contributed by atoms with Gasteiger partial charge in [0, 0.05) is 33.0 Å². The molecule has 0 radical (unpaired) electrons. The normalized spacial score (nSPS) is 15.8. The molecule has 0 saturated heterocycles. The van der Waals surface area contributed by atoms with Crippen molar-refractivity contribution in [2.45, 2.75) is 12.5 Å². The fraction of sp³-hybridized carbons (Fsp3) is 0.0625. The Morgan fingerprint density at radius 2 is 1.61 bits per heavy atom. The van der Waals surface area contributed by atoms with Crippen LogP contribution in [-0.2, 0) is 0 Å². The summed E-state index contributed by atoms with van der Waals surface area (Å²) in [5.74, 6) is 0.741. The Labute approximate surface area is 207 Å². The Balaban J connectivity index is 1.53. The third-order valence-corrected chi connectivity index (χ3v) is 7.55. The number of benzene rings is 4. The van der Waals surface area contributed by atoms with E-state index in [9.17, 15) is 0 Å². The predicted octanol–water partition coefficient (Wildman–Crippen LogP) is 8.13. The highest BCUT2D eigenvalue weighted by Crippen LogP contribution is 2.47. The minimum atomic E-state index is 0.208. The summed E-state index contributed by atoms with van der Waals surface area (Å²) in [7, 11) is 0. The molecule has 1 aliphatic rings. The van der Waals surface area contributed by atoms with Crippen molar-refractivity contribution in [3.8, 4) is 11.1 Å². The SMILES string of the molecule is Nc1c(NC2C=CC=CC2)c2cc(-c3ccccc3)cc3c4c5c(ccc4n1c23)oc1ccccc15. The second-order valence-corrected chi connectivity index (χ2v) is 9.61. The zero-order chi connectivity index (χ0) is 23.8. The molecule has 4 heteroatoms. The number of nitrogen functional groups attached to an aromatic ring is 1. The van der Waals surface area contributed by atoms with E-state index in [0.717, 1.165) is 56.3 Å². The van der Waals surface area contributed by atoms with Crippen LogP contribution in [0.4, 0.5) is 11.5 Å². The van der Waals surface area contributed by atoms with Crippen molar-refractivity contribution in [1.29, 1.82) is 0 Å². The topological polar surface area (TPSA) is 55.6 Å². The second kappa shape index (κ2) is 7.15. The van der Waals surface area contributed by atoms with E-state index >= 15 is 0 Å². The number of nitrogens with zero attached hydrogens (tertiary/aromatic N) is 1. The molecular weight excluding hydrogens is 442 g/mol. The largest absolute Gasteiger partial charge is 0.456 e. The van der Waals surface area contributed by atoms with E-state index in [1.54, 1.807) is 0 Å². The lowest BCUT2D eigenvalue weighted by Crippen LogP contribution is -2.17. The Bertz CT molecular complexity index is 2010. The van der Waals surface area contributed by atoms with Crippen LogP contribution in [0, 0.1) is 0 Å². The second-order valence-electron chi connectivity index (χ2n) is 9.61. The highest BCUT2D eigenvalue weighted by molar-refractivity contribution is 6.31. The lowest BCUT2D eigenvalue weighted by atomic mass is 9.98. The maximum atomic E-state index is 6.95. The average Bonchev–Trinajstić information content (AvgIpc) is 3.56. The maximum absolute atomic E-state index is 6.95. The summed E-state index contributed by atoms with van der Waals surface area (Å²) in [6.45, 7) is 0. The molecular formula is C32H23N3O. The zero-order valence-corrected chi connectivity index (χ0v) is 19.5. The molecule has 36 heavy (non-hydrogen) atoms. The van der Waals surface area contributed by atoms with Crippen LogP contribution in [0.1, 0.15) is 6.42 Å². The Kier molecular flexibility index (Phi) is 3.89. The lowest BCUT2D eigenvalue weighted by molar-refractivity contribution is 0.669. The van der Waals surface area contributed by atoms with Crippen LogP contribution >= 0.6 is 0 Å². The molecule has 0 saturated carbocycles. The molecule has 4 aromatic carbocycles. The van der Waals surface area contributed by atoms with Gasteiger partial charge < -0.3 is 15.5 Å². The van der Waals surface area contributed by atoms with Gasteiger partial charge in [0.2, 0.25) is 0 Å². The van der Waals surface area contributed by atoms with Gasteiger partial charge in [-0.2, -0.15) is 0 Å². The van der Waals surface area contributed by atoms with Gasteiger partial charge in [-0.05, 0) is 47.9 Å². The van der Waals surface area contributed by atoms with Crippen LogP contribution in [0.25, 0.3) is 60.3 Å². The molecule has 172 valence electrons. The first-order chi connectivity index (χ1) is 17.8. The minimum absolute atomic E-state index is 0.208. The van der Waals surface area contributed by atoms with Gasteiger partial charge in [0.25, 0.3) is 0 Å². The smallest absolute Gasteiger partial charge is 0.136 e. The van der Waals surface area contributed by atoms with E-state index < -0.39 is 0 Å². The number of hydrogen-bond donors (Lipinski definition) is 2.